The molecule has 1 saturated heterocycles. The minimum Gasteiger partial charge on any atom is -0.492 e. The van der Waals surface area contributed by atoms with Crippen LogP contribution in [0.2, 0.25) is 0 Å². The predicted molar refractivity (Wildman–Crippen MR) is 97.6 cm³/mol. The van der Waals surface area contributed by atoms with Gasteiger partial charge in [-0.3, -0.25) is 4.79 Å². The van der Waals surface area contributed by atoms with Crippen molar-refractivity contribution in [3.05, 3.63) is 24.3 Å². The number of morpholine rings is 1. The molecule has 0 aliphatic carbocycles. The largest absolute Gasteiger partial charge is 0.492 e. The number of benzene rings is 1. The van der Waals surface area contributed by atoms with E-state index in [1.54, 1.807) is 4.68 Å². The third kappa shape index (κ3) is 4.34. The molecule has 3 rings (SSSR count). The standard InChI is InChI=1S/C17H23N5O3S/c1-4-24-15-8-6-5-7-14(15)22-17(18-19-20-22)26-11-16(23)21-9-12(2)25-13(3)10-21/h5-8,12-13H,4,9-11H2,1-3H3. The lowest BCUT2D eigenvalue weighted by atomic mass is 10.2. The molecule has 1 amide bonds. The maximum atomic E-state index is 12.5. The second kappa shape index (κ2) is 8.50. The minimum absolute atomic E-state index is 0.0519. The molecule has 0 saturated carbocycles. The fourth-order valence-corrected chi connectivity index (χ4v) is 3.72. The van der Waals surface area contributed by atoms with Crippen LogP contribution in [0.4, 0.5) is 0 Å². The van der Waals surface area contributed by atoms with Crippen LogP contribution in [0.25, 0.3) is 5.69 Å². The molecule has 8 nitrogen and oxygen atoms in total. The van der Waals surface area contributed by atoms with Crippen molar-refractivity contribution in [2.75, 3.05) is 25.4 Å². The average molecular weight is 377 g/mol. The zero-order chi connectivity index (χ0) is 18.5. The lowest BCUT2D eigenvalue weighted by Gasteiger charge is -2.35. The highest BCUT2D eigenvalue weighted by atomic mass is 32.2. The molecule has 2 atom stereocenters. The summed E-state index contributed by atoms with van der Waals surface area (Å²) in [6.07, 6.45) is 0.104. The summed E-state index contributed by atoms with van der Waals surface area (Å²) in [6.45, 7) is 7.66. The van der Waals surface area contributed by atoms with Crippen molar-refractivity contribution >= 4 is 17.7 Å². The van der Waals surface area contributed by atoms with E-state index in [2.05, 4.69) is 15.5 Å². The van der Waals surface area contributed by atoms with E-state index in [-0.39, 0.29) is 23.9 Å². The van der Waals surface area contributed by atoms with Crippen molar-refractivity contribution in [2.24, 2.45) is 0 Å². The van der Waals surface area contributed by atoms with Gasteiger partial charge >= 0.3 is 0 Å². The molecule has 1 fully saturated rings. The van der Waals surface area contributed by atoms with Gasteiger partial charge in [0, 0.05) is 13.1 Å². The highest BCUT2D eigenvalue weighted by Gasteiger charge is 2.26. The van der Waals surface area contributed by atoms with Crippen LogP contribution in [0.15, 0.2) is 29.4 Å². The Labute approximate surface area is 156 Å². The van der Waals surface area contributed by atoms with E-state index in [0.29, 0.717) is 30.6 Å². The Morgan fingerprint density at radius 1 is 1.31 bits per heavy atom. The first-order valence-electron chi connectivity index (χ1n) is 8.65. The summed E-state index contributed by atoms with van der Waals surface area (Å²) < 4.78 is 12.9. The summed E-state index contributed by atoms with van der Waals surface area (Å²) in [6, 6.07) is 7.56. The summed E-state index contributed by atoms with van der Waals surface area (Å²) in [5.74, 6) is 1.03. The Kier molecular flexibility index (Phi) is 6.10. The normalized spacial score (nSPS) is 20.2. The van der Waals surface area contributed by atoms with E-state index < -0.39 is 0 Å². The number of para-hydroxylation sites is 2. The number of aromatic nitrogens is 4. The molecule has 0 N–H and O–H groups in total. The van der Waals surface area contributed by atoms with Gasteiger partial charge in [-0.1, -0.05) is 23.9 Å². The minimum atomic E-state index is 0.0519. The number of rotatable bonds is 6. The Morgan fingerprint density at radius 3 is 2.77 bits per heavy atom. The Balaban J connectivity index is 1.69. The number of tetrazole rings is 1. The first-order valence-corrected chi connectivity index (χ1v) is 9.63. The highest BCUT2D eigenvalue weighted by molar-refractivity contribution is 7.99. The van der Waals surface area contributed by atoms with Gasteiger partial charge in [0.05, 0.1) is 24.6 Å². The summed E-state index contributed by atoms with van der Waals surface area (Å²) in [5, 5.41) is 12.4. The van der Waals surface area contributed by atoms with E-state index >= 15 is 0 Å². The van der Waals surface area contributed by atoms with Gasteiger partial charge in [-0.05, 0) is 43.3 Å². The number of nitrogens with zero attached hydrogens (tertiary/aromatic N) is 5. The molecule has 0 bridgehead atoms. The third-order valence-corrected chi connectivity index (χ3v) is 4.84. The summed E-state index contributed by atoms with van der Waals surface area (Å²) in [5.41, 5.74) is 0.753. The maximum absolute atomic E-state index is 12.5. The summed E-state index contributed by atoms with van der Waals surface area (Å²) in [4.78, 5) is 14.4. The van der Waals surface area contributed by atoms with E-state index in [0.717, 1.165) is 5.69 Å². The van der Waals surface area contributed by atoms with Gasteiger partial charge in [-0.15, -0.1) is 5.10 Å². The van der Waals surface area contributed by atoms with Crippen LogP contribution in [0.5, 0.6) is 5.75 Å². The van der Waals surface area contributed by atoms with E-state index in [9.17, 15) is 4.79 Å². The number of carbonyl (C=O) groups excluding carboxylic acids is 1. The van der Waals surface area contributed by atoms with Crippen LogP contribution in [-0.2, 0) is 9.53 Å². The van der Waals surface area contributed by atoms with Crippen molar-refractivity contribution in [3.8, 4) is 11.4 Å². The van der Waals surface area contributed by atoms with Gasteiger partial charge in [0.25, 0.3) is 0 Å². The average Bonchev–Trinajstić information content (AvgIpc) is 3.08. The molecule has 0 spiro atoms. The molecule has 2 heterocycles. The molecule has 1 aromatic carbocycles. The van der Waals surface area contributed by atoms with Crippen LogP contribution in [-0.4, -0.2) is 68.7 Å². The lowest BCUT2D eigenvalue weighted by molar-refractivity contribution is -0.140. The van der Waals surface area contributed by atoms with Crippen LogP contribution < -0.4 is 4.74 Å². The number of amides is 1. The molecule has 2 unspecified atom stereocenters. The second-order valence-corrected chi connectivity index (χ2v) is 7.06. The number of ether oxygens (including phenoxy) is 2. The van der Waals surface area contributed by atoms with Crippen LogP contribution in [0.1, 0.15) is 20.8 Å². The molecule has 0 radical (unpaired) electrons. The SMILES string of the molecule is CCOc1ccccc1-n1nnnc1SCC(=O)N1CC(C)OC(C)C1. The molecule has 26 heavy (non-hydrogen) atoms. The van der Waals surface area contributed by atoms with Crippen LogP contribution >= 0.6 is 11.8 Å². The van der Waals surface area contributed by atoms with Gasteiger partial charge < -0.3 is 14.4 Å². The van der Waals surface area contributed by atoms with Gasteiger partial charge in [0.2, 0.25) is 11.1 Å². The van der Waals surface area contributed by atoms with Crippen molar-refractivity contribution in [1.82, 2.24) is 25.1 Å². The Morgan fingerprint density at radius 2 is 2.04 bits per heavy atom. The highest BCUT2D eigenvalue weighted by Crippen LogP contribution is 2.26. The molecule has 140 valence electrons. The Hall–Kier alpha value is -2.13. The lowest BCUT2D eigenvalue weighted by Crippen LogP contribution is -2.48. The fraction of sp³-hybridized carbons (Fsp3) is 0.529. The molecule has 1 aromatic heterocycles. The van der Waals surface area contributed by atoms with Gasteiger partial charge in [0.1, 0.15) is 11.4 Å². The van der Waals surface area contributed by atoms with Crippen molar-refractivity contribution in [1.29, 1.82) is 0 Å². The maximum Gasteiger partial charge on any atom is 0.233 e. The van der Waals surface area contributed by atoms with E-state index in [4.69, 9.17) is 9.47 Å². The number of hydrogen-bond donors (Lipinski definition) is 0. The molecule has 1 aliphatic heterocycles. The molecule has 1 aliphatic rings. The monoisotopic (exact) mass is 377 g/mol. The summed E-state index contributed by atoms with van der Waals surface area (Å²) in [7, 11) is 0. The quantitative estimate of drug-likeness (QED) is 0.710. The van der Waals surface area contributed by atoms with Gasteiger partial charge in [0.15, 0.2) is 0 Å². The van der Waals surface area contributed by atoms with Gasteiger partial charge in [-0.25, -0.2) is 0 Å². The van der Waals surface area contributed by atoms with E-state index in [1.807, 2.05) is 49.9 Å². The van der Waals surface area contributed by atoms with Crippen molar-refractivity contribution in [3.63, 3.8) is 0 Å². The van der Waals surface area contributed by atoms with Crippen LogP contribution in [0.3, 0.4) is 0 Å². The first-order chi connectivity index (χ1) is 12.6. The third-order valence-electron chi connectivity index (χ3n) is 3.93. The second-order valence-electron chi connectivity index (χ2n) is 6.12. The predicted octanol–water partition coefficient (Wildman–Crippen LogP) is 1.79. The van der Waals surface area contributed by atoms with Crippen LogP contribution in [0, 0.1) is 0 Å². The first kappa shape index (κ1) is 18.7. The number of thioether (sulfide) groups is 1. The number of carbonyl (C=O) groups is 1. The molecular weight excluding hydrogens is 354 g/mol. The Bertz CT molecular complexity index is 744. The summed E-state index contributed by atoms with van der Waals surface area (Å²) >= 11 is 1.32. The smallest absolute Gasteiger partial charge is 0.233 e. The fourth-order valence-electron chi connectivity index (χ4n) is 2.93. The molecular formula is C17H23N5O3S. The number of hydrogen-bond acceptors (Lipinski definition) is 7. The molecule has 9 heteroatoms. The van der Waals surface area contributed by atoms with E-state index in [1.165, 1.54) is 11.8 Å². The van der Waals surface area contributed by atoms with Crippen molar-refractivity contribution < 1.29 is 14.3 Å². The molecule has 2 aromatic rings. The topological polar surface area (TPSA) is 82.4 Å². The van der Waals surface area contributed by atoms with Gasteiger partial charge in [-0.2, -0.15) is 4.68 Å². The zero-order valence-electron chi connectivity index (χ0n) is 15.2. The van der Waals surface area contributed by atoms with Crippen molar-refractivity contribution in [2.45, 2.75) is 38.1 Å². The zero-order valence-corrected chi connectivity index (χ0v) is 16.0.